The van der Waals surface area contributed by atoms with Gasteiger partial charge in [-0.25, -0.2) is 0 Å². The zero-order valence-electron chi connectivity index (χ0n) is 14.1. The molecule has 0 radical (unpaired) electrons. The van der Waals surface area contributed by atoms with Crippen molar-refractivity contribution in [3.63, 3.8) is 0 Å². The number of hydrogen-bond acceptors (Lipinski definition) is 6. The molecule has 0 spiro atoms. The summed E-state index contributed by atoms with van der Waals surface area (Å²) in [4.78, 5) is 4.40. The average molecular weight is 371 g/mol. The first-order valence-electron chi connectivity index (χ1n) is 8.16. The van der Waals surface area contributed by atoms with E-state index in [-0.39, 0.29) is 18.1 Å². The number of nitrogens with zero attached hydrogens (tertiary/aromatic N) is 1. The van der Waals surface area contributed by atoms with Crippen LogP contribution in [0.25, 0.3) is 10.9 Å². The summed E-state index contributed by atoms with van der Waals surface area (Å²) >= 11 is 0. The smallest absolute Gasteiger partial charge is 0.297 e. The largest absolute Gasteiger partial charge is 0.486 e. The van der Waals surface area contributed by atoms with Gasteiger partial charge in [0.15, 0.2) is 17.6 Å². The predicted molar refractivity (Wildman–Crippen MR) is 96.0 cm³/mol. The molecule has 134 valence electrons. The van der Waals surface area contributed by atoms with Gasteiger partial charge in [-0.1, -0.05) is 17.7 Å². The van der Waals surface area contributed by atoms with Crippen LogP contribution in [0.1, 0.15) is 5.56 Å². The first-order chi connectivity index (χ1) is 12.5. The van der Waals surface area contributed by atoms with E-state index in [0.717, 1.165) is 16.5 Å². The zero-order valence-corrected chi connectivity index (χ0v) is 14.9. The molecule has 3 aromatic rings. The standard InChI is InChI=1S/C19H17NO5S/c1-13-4-6-15(7-5-13)26(21,22)24-12-14-11-23-18-9-8-17-16(19(18)25-14)3-2-10-20-17/h2-10,14H,11-12H2,1H3/t14-/m1/s1. The van der Waals surface area contributed by atoms with Gasteiger partial charge in [0.25, 0.3) is 10.1 Å². The molecular formula is C19H17NO5S. The van der Waals surface area contributed by atoms with E-state index in [1.54, 1.807) is 24.4 Å². The third-order valence-electron chi connectivity index (χ3n) is 4.13. The van der Waals surface area contributed by atoms with Crippen molar-refractivity contribution in [3.05, 3.63) is 60.3 Å². The summed E-state index contributed by atoms with van der Waals surface area (Å²) in [5.41, 5.74) is 1.76. The Morgan fingerprint density at radius 2 is 1.96 bits per heavy atom. The number of rotatable bonds is 4. The van der Waals surface area contributed by atoms with Crippen molar-refractivity contribution in [1.29, 1.82) is 0 Å². The van der Waals surface area contributed by atoms with Crippen LogP contribution in [0.15, 0.2) is 59.6 Å². The van der Waals surface area contributed by atoms with Gasteiger partial charge >= 0.3 is 0 Å². The minimum atomic E-state index is -3.84. The highest BCUT2D eigenvalue weighted by molar-refractivity contribution is 7.86. The summed E-state index contributed by atoms with van der Waals surface area (Å²) in [6.45, 7) is 1.97. The van der Waals surface area contributed by atoms with Crippen LogP contribution in [0, 0.1) is 6.92 Å². The molecule has 1 aliphatic rings. The van der Waals surface area contributed by atoms with Crippen molar-refractivity contribution in [2.45, 2.75) is 17.9 Å². The van der Waals surface area contributed by atoms with Crippen LogP contribution in [-0.4, -0.2) is 32.7 Å². The van der Waals surface area contributed by atoms with Gasteiger partial charge in [-0.3, -0.25) is 9.17 Å². The van der Waals surface area contributed by atoms with Gasteiger partial charge in [0.2, 0.25) is 0 Å². The van der Waals surface area contributed by atoms with Crippen molar-refractivity contribution in [3.8, 4) is 11.5 Å². The zero-order chi connectivity index (χ0) is 18.1. The summed E-state index contributed by atoms with van der Waals surface area (Å²) in [6, 6.07) is 13.9. The van der Waals surface area contributed by atoms with Crippen molar-refractivity contribution in [2.24, 2.45) is 0 Å². The van der Waals surface area contributed by atoms with Crippen molar-refractivity contribution < 1.29 is 22.1 Å². The van der Waals surface area contributed by atoms with Gasteiger partial charge in [-0.05, 0) is 43.3 Å². The molecular weight excluding hydrogens is 354 g/mol. The highest BCUT2D eigenvalue weighted by Crippen LogP contribution is 2.38. The molecule has 1 aliphatic heterocycles. The number of benzene rings is 2. The molecule has 0 saturated carbocycles. The Hall–Kier alpha value is -2.64. The fourth-order valence-electron chi connectivity index (χ4n) is 2.74. The van der Waals surface area contributed by atoms with Crippen molar-refractivity contribution in [1.82, 2.24) is 4.98 Å². The molecule has 0 N–H and O–H groups in total. The summed E-state index contributed by atoms with van der Waals surface area (Å²) in [5, 5.41) is 0.816. The second-order valence-electron chi connectivity index (χ2n) is 6.07. The summed E-state index contributed by atoms with van der Waals surface area (Å²) < 4.78 is 41.4. The molecule has 26 heavy (non-hydrogen) atoms. The monoisotopic (exact) mass is 371 g/mol. The third kappa shape index (κ3) is 3.23. The lowest BCUT2D eigenvalue weighted by Crippen LogP contribution is -2.34. The number of fused-ring (bicyclic) bond motifs is 3. The molecule has 0 saturated heterocycles. The SMILES string of the molecule is Cc1ccc(S(=O)(=O)OC[C@H]2COc3ccc4ncccc4c3O2)cc1. The van der Waals surface area contributed by atoms with Crippen LogP contribution in [0.3, 0.4) is 0 Å². The Labute approximate surface area is 151 Å². The number of hydrogen-bond donors (Lipinski definition) is 0. The second-order valence-corrected chi connectivity index (χ2v) is 7.68. The van der Waals surface area contributed by atoms with Gasteiger partial charge in [-0.2, -0.15) is 8.42 Å². The summed E-state index contributed by atoms with van der Waals surface area (Å²) in [6.07, 6.45) is 1.17. The summed E-state index contributed by atoms with van der Waals surface area (Å²) in [5.74, 6) is 1.17. The normalized spacial score (nSPS) is 16.6. The van der Waals surface area contributed by atoms with E-state index in [1.807, 2.05) is 25.1 Å². The molecule has 1 aromatic heterocycles. The molecule has 1 atom stereocenters. The molecule has 6 nitrogen and oxygen atoms in total. The lowest BCUT2D eigenvalue weighted by molar-refractivity contribution is 0.0571. The minimum Gasteiger partial charge on any atom is -0.486 e. The fraction of sp³-hybridized carbons (Fsp3) is 0.211. The van der Waals surface area contributed by atoms with Crippen LogP contribution >= 0.6 is 0 Å². The van der Waals surface area contributed by atoms with E-state index in [2.05, 4.69) is 4.98 Å². The van der Waals surface area contributed by atoms with Gasteiger partial charge in [0.1, 0.15) is 13.2 Å². The minimum absolute atomic E-state index is 0.120. The highest BCUT2D eigenvalue weighted by Gasteiger charge is 2.26. The first kappa shape index (κ1) is 16.8. The van der Waals surface area contributed by atoms with Crippen LogP contribution in [0.4, 0.5) is 0 Å². The molecule has 0 amide bonds. The van der Waals surface area contributed by atoms with Crippen LogP contribution in [0.2, 0.25) is 0 Å². The third-order valence-corrected chi connectivity index (χ3v) is 5.42. The molecule has 2 aromatic carbocycles. The van der Waals surface area contributed by atoms with E-state index in [0.29, 0.717) is 11.5 Å². The van der Waals surface area contributed by atoms with E-state index >= 15 is 0 Å². The predicted octanol–water partition coefficient (Wildman–Crippen LogP) is 3.09. The van der Waals surface area contributed by atoms with Crippen LogP contribution in [-0.2, 0) is 14.3 Å². The maximum atomic E-state index is 12.3. The number of pyridine rings is 1. The molecule has 0 fully saturated rings. The highest BCUT2D eigenvalue weighted by atomic mass is 32.2. The van der Waals surface area contributed by atoms with Crippen molar-refractivity contribution in [2.75, 3.05) is 13.2 Å². The van der Waals surface area contributed by atoms with Crippen LogP contribution in [0.5, 0.6) is 11.5 Å². The quantitative estimate of drug-likeness (QED) is 0.656. The van der Waals surface area contributed by atoms with Gasteiger partial charge in [0.05, 0.1) is 10.4 Å². The van der Waals surface area contributed by atoms with E-state index in [1.165, 1.54) is 12.1 Å². The number of ether oxygens (including phenoxy) is 2. The lowest BCUT2D eigenvalue weighted by Gasteiger charge is -2.27. The summed E-state index contributed by atoms with van der Waals surface area (Å²) in [7, 11) is -3.84. The Morgan fingerprint density at radius 1 is 1.15 bits per heavy atom. The van der Waals surface area contributed by atoms with E-state index in [9.17, 15) is 8.42 Å². The molecule has 0 aliphatic carbocycles. The lowest BCUT2D eigenvalue weighted by atomic mass is 10.1. The first-order valence-corrected chi connectivity index (χ1v) is 9.57. The van der Waals surface area contributed by atoms with Gasteiger partial charge in [0, 0.05) is 11.6 Å². The maximum absolute atomic E-state index is 12.3. The van der Waals surface area contributed by atoms with Gasteiger partial charge < -0.3 is 9.47 Å². The Bertz CT molecular complexity index is 1050. The molecule has 0 unspecified atom stereocenters. The molecule has 2 heterocycles. The van der Waals surface area contributed by atoms with Crippen molar-refractivity contribution >= 4 is 21.0 Å². The number of aryl methyl sites for hydroxylation is 1. The molecule has 4 rings (SSSR count). The van der Waals surface area contributed by atoms with E-state index in [4.69, 9.17) is 13.7 Å². The Balaban J connectivity index is 1.51. The molecule has 0 bridgehead atoms. The maximum Gasteiger partial charge on any atom is 0.297 e. The number of aromatic nitrogens is 1. The topological polar surface area (TPSA) is 74.7 Å². The van der Waals surface area contributed by atoms with Gasteiger partial charge in [-0.15, -0.1) is 0 Å². The molecule has 7 heteroatoms. The average Bonchev–Trinajstić information content (AvgIpc) is 2.66. The second kappa shape index (κ2) is 6.59. The van der Waals surface area contributed by atoms with Crippen LogP contribution < -0.4 is 9.47 Å². The fourth-order valence-corrected chi connectivity index (χ4v) is 3.68. The van der Waals surface area contributed by atoms with E-state index < -0.39 is 16.2 Å². The Morgan fingerprint density at radius 3 is 2.77 bits per heavy atom. The Kier molecular flexibility index (Phi) is 4.26.